The van der Waals surface area contributed by atoms with Crippen LogP contribution >= 0.6 is 11.6 Å². The zero-order valence-electron chi connectivity index (χ0n) is 15.8. The highest BCUT2D eigenvalue weighted by Gasteiger charge is 2.21. The number of ether oxygens (including phenoxy) is 1. The van der Waals surface area contributed by atoms with E-state index in [-0.39, 0.29) is 11.4 Å². The zero-order chi connectivity index (χ0) is 21.1. The molecule has 0 saturated carbocycles. The molecule has 1 N–H and O–H groups in total. The summed E-state index contributed by atoms with van der Waals surface area (Å²) in [5.41, 5.74) is 1.79. The second kappa shape index (κ2) is 8.56. The van der Waals surface area contributed by atoms with Crippen LogP contribution in [0.2, 0.25) is 5.02 Å². The average Bonchev–Trinajstić information content (AvgIpc) is 3.25. The van der Waals surface area contributed by atoms with E-state index >= 15 is 0 Å². The van der Waals surface area contributed by atoms with Gasteiger partial charge in [-0.25, -0.2) is 0 Å². The summed E-state index contributed by atoms with van der Waals surface area (Å²) in [5.74, 6) is 0.221. The molecule has 4 rings (SSSR count). The summed E-state index contributed by atoms with van der Waals surface area (Å²) in [6.07, 6.45) is 0. The van der Waals surface area contributed by atoms with Crippen molar-refractivity contribution in [2.24, 2.45) is 0 Å². The number of furan rings is 1. The highest BCUT2D eigenvalue weighted by atomic mass is 35.5. The first-order chi connectivity index (χ1) is 14.5. The number of benzene rings is 2. The Kier molecular flexibility index (Phi) is 5.69. The van der Waals surface area contributed by atoms with Crippen molar-refractivity contribution in [1.29, 1.82) is 0 Å². The molecule has 9 heteroatoms. The Hall–Kier alpha value is -3.36. The Balaban J connectivity index is 1.58. The predicted octanol–water partition coefficient (Wildman–Crippen LogP) is 4.60. The lowest BCUT2D eigenvalue weighted by atomic mass is 10.2. The largest absolute Gasteiger partial charge is 0.451 e. The summed E-state index contributed by atoms with van der Waals surface area (Å²) < 4.78 is 11.0. The van der Waals surface area contributed by atoms with Crippen molar-refractivity contribution in [3.63, 3.8) is 0 Å². The number of anilines is 2. The zero-order valence-corrected chi connectivity index (χ0v) is 16.6. The summed E-state index contributed by atoms with van der Waals surface area (Å²) in [6.45, 7) is 2.18. The first-order valence-electron chi connectivity index (χ1n) is 9.29. The van der Waals surface area contributed by atoms with Crippen molar-refractivity contribution in [3.05, 3.63) is 75.5 Å². The van der Waals surface area contributed by atoms with Gasteiger partial charge < -0.3 is 19.4 Å². The van der Waals surface area contributed by atoms with Gasteiger partial charge in [0.05, 0.1) is 29.5 Å². The van der Waals surface area contributed by atoms with Crippen LogP contribution in [-0.4, -0.2) is 37.1 Å². The molecule has 2 aromatic carbocycles. The predicted molar refractivity (Wildman–Crippen MR) is 113 cm³/mol. The normalized spacial score (nSPS) is 13.8. The van der Waals surface area contributed by atoms with Crippen molar-refractivity contribution in [1.82, 2.24) is 0 Å². The van der Waals surface area contributed by atoms with E-state index in [2.05, 4.69) is 5.32 Å². The number of halogens is 1. The molecule has 2 heterocycles. The van der Waals surface area contributed by atoms with E-state index in [1.54, 1.807) is 36.4 Å². The Bertz CT molecular complexity index is 1070. The molecule has 1 fully saturated rings. The monoisotopic (exact) mass is 427 g/mol. The molecule has 30 heavy (non-hydrogen) atoms. The van der Waals surface area contributed by atoms with Gasteiger partial charge in [0.25, 0.3) is 11.6 Å². The highest BCUT2D eigenvalue weighted by molar-refractivity contribution is 6.30. The fraction of sp³-hybridized carbons (Fsp3) is 0.190. The minimum atomic E-state index is -0.458. The summed E-state index contributed by atoms with van der Waals surface area (Å²) in [7, 11) is 0. The number of carbonyl (C=O) groups excluding carboxylic acids is 1. The Morgan fingerprint density at radius 1 is 1.07 bits per heavy atom. The average molecular weight is 428 g/mol. The molecule has 0 radical (unpaired) electrons. The van der Waals surface area contributed by atoms with Gasteiger partial charge in [0.1, 0.15) is 5.76 Å². The minimum Gasteiger partial charge on any atom is -0.451 e. The van der Waals surface area contributed by atoms with Gasteiger partial charge in [0, 0.05) is 35.8 Å². The van der Waals surface area contributed by atoms with Crippen LogP contribution in [0.4, 0.5) is 17.1 Å². The number of morpholine rings is 1. The fourth-order valence-corrected chi connectivity index (χ4v) is 3.34. The van der Waals surface area contributed by atoms with E-state index in [1.165, 1.54) is 18.2 Å². The van der Waals surface area contributed by atoms with E-state index in [9.17, 15) is 14.9 Å². The fourth-order valence-electron chi connectivity index (χ4n) is 3.22. The molecule has 1 aliphatic heterocycles. The SMILES string of the molecule is O=C(Nc1ccc([N+](=O)[O-])cc1N1CCOCC1)c1ccc(-c2ccc(Cl)cc2)o1. The summed E-state index contributed by atoms with van der Waals surface area (Å²) in [6, 6.07) is 14.7. The molecule has 3 aromatic rings. The van der Waals surface area contributed by atoms with Gasteiger partial charge in [-0.3, -0.25) is 14.9 Å². The van der Waals surface area contributed by atoms with Crippen LogP contribution in [0.15, 0.2) is 59.0 Å². The third kappa shape index (κ3) is 4.29. The van der Waals surface area contributed by atoms with Crippen LogP contribution in [0.3, 0.4) is 0 Å². The molecule has 1 amide bonds. The van der Waals surface area contributed by atoms with Gasteiger partial charge in [-0.05, 0) is 42.5 Å². The summed E-state index contributed by atoms with van der Waals surface area (Å²) in [4.78, 5) is 25.5. The standard InChI is InChI=1S/C21H18ClN3O5/c22-15-3-1-14(2-4-15)19-7-8-20(30-19)21(26)23-17-6-5-16(25(27)28)13-18(17)24-9-11-29-12-10-24/h1-8,13H,9-12H2,(H,23,26). The number of hydrogen-bond acceptors (Lipinski definition) is 6. The molecule has 0 atom stereocenters. The van der Waals surface area contributed by atoms with E-state index < -0.39 is 10.8 Å². The summed E-state index contributed by atoms with van der Waals surface area (Å²) in [5, 5.41) is 14.6. The molecule has 8 nitrogen and oxygen atoms in total. The number of nitrogens with one attached hydrogen (secondary N) is 1. The third-order valence-electron chi connectivity index (χ3n) is 4.75. The molecule has 154 valence electrons. The molecule has 1 aliphatic rings. The second-order valence-corrected chi connectivity index (χ2v) is 7.12. The third-order valence-corrected chi connectivity index (χ3v) is 5.00. The lowest BCUT2D eigenvalue weighted by molar-refractivity contribution is -0.384. The smallest absolute Gasteiger partial charge is 0.291 e. The summed E-state index contributed by atoms with van der Waals surface area (Å²) >= 11 is 5.91. The van der Waals surface area contributed by atoms with Gasteiger partial charge in [0.2, 0.25) is 0 Å². The number of nitro benzene ring substituents is 1. The van der Waals surface area contributed by atoms with Gasteiger partial charge >= 0.3 is 0 Å². The molecule has 0 bridgehead atoms. The van der Waals surface area contributed by atoms with E-state index in [1.807, 2.05) is 4.90 Å². The van der Waals surface area contributed by atoms with Crippen molar-refractivity contribution in [3.8, 4) is 11.3 Å². The van der Waals surface area contributed by atoms with Crippen LogP contribution in [-0.2, 0) is 4.74 Å². The number of hydrogen-bond donors (Lipinski definition) is 1. The number of non-ortho nitro benzene ring substituents is 1. The highest BCUT2D eigenvalue weighted by Crippen LogP contribution is 2.32. The van der Waals surface area contributed by atoms with Crippen LogP contribution in [0.1, 0.15) is 10.6 Å². The van der Waals surface area contributed by atoms with Crippen LogP contribution in [0.25, 0.3) is 11.3 Å². The van der Waals surface area contributed by atoms with Gasteiger partial charge in [-0.2, -0.15) is 0 Å². The first-order valence-corrected chi connectivity index (χ1v) is 9.67. The molecule has 0 unspecified atom stereocenters. The van der Waals surface area contributed by atoms with Crippen molar-refractivity contribution in [2.45, 2.75) is 0 Å². The van der Waals surface area contributed by atoms with Crippen molar-refractivity contribution >= 4 is 34.6 Å². The first kappa shape index (κ1) is 19.9. The number of carbonyl (C=O) groups is 1. The van der Waals surface area contributed by atoms with Gasteiger partial charge in [0.15, 0.2) is 5.76 Å². The maximum Gasteiger partial charge on any atom is 0.291 e. The Labute approximate surface area is 177 Å². The maximum atomic E-state index is 12.8. The molecule has 1 aromatic heterocycles. The van der Waals surface area contributed by atoms with Crippen molar-refractivity contribution in [2.75, 3.05) is 36.5 Å². The van der Waals surface area contributed by atoms with Gasteiger partial charge in [-0.1, -0.05) is 11.6 Å². The lowest BCUT2D eigenvalue weighted by Gasteiger charge is -2.30. The van der Waals surface area contributed by atoms with E-state index in [0.29, 0.717) is 48.5 Å². The Morgan fingerprint density at radius 2 is 1.80 bits per heavy atom. The quantitative estimate of drug-likeness (QED) is 0.472. The van der Waals surface area contributed by atoms with Crippen LogP contribution in [0, 0.1) is 10.1 Å². The number of amides is 1. The second-order valence-electron chi connectivity index (χ2n) is 6.68. The number of nitrogens with zero attached hydrogens (tertiary/aromatic N) is 2. The molecule has 1 saturated heterocycles. The van der Waals surface area contributed by atoms with E-state index in [4.69, 9.17) is 20.8 Å². The number of rotatable bonds is 5. The lowest BCUT2D eigenvalue weighted by Crippen LogP contribution is -2.36. The van der Waals surface area contributed by atoms with Crippen molar-refractivity contribution < 1.29 is 18.9 Å². The maximum absolute atomic E-state index is 12.8. The molecular weight excluding hydrogens is 410 g/mol. The van der Waals surface area contributed by atoms with Crippen LogP contribution < -0.4 is 10.2 Å². The number of nitro groups is 1. The molecular formula is C21H18ClN3O5. The van der Waals surface area contributed by atoms with Crippen LogP contribution in [0.5, 0.6) is 0 Å². The Morgan fingerprint density at radius 3 is 2.50 bits per heavy atom. The van der Waals surface area contributed by atoms with Gasteiger partial charge in [-0.15, -0.1) is 0 Å². The minimum absolute atomic E-state index is 0.0440. The topological polar surface area (TPSA) is 97.8 Å². The van der Waals surface area contributed by atoms with E-state index in [0.717, 1.165) is 5.56 Å². The molecule has 0 aliphatic carbocycles. The molecule has 0 spiro atoms.